The summed E-state index contributed by atoms with van der Waals surface area (Å²) in [5.41, 5.74) is 11.5. The predicted octanol–water partition coefficient (Wildman–Crippen LogP) is 5.26. The molecule has 4 N–H and O–H groups in total. The lowest BCUT2D eigenvalue weighted by Crippen LogP contribution is -2.41. The maximum Gasteiger partial charge on any atom is 0.331 e. The standard InChI is InChI=1S/C30H34N2O5/c1-6-25-20(4)31-32-29(25,5)22-10-11-26(19(3)14-22)37-17-21-8-7-9-23(15-21)30(28(35)36)13-12-18(2)24(16-30)27(33)34/h7-15,31-32H,6,16-17H2,1-5H3,(H,33,34)(H,35,36). The molecule has 2 atom stereocenters. The number of carboxylic acids is 2. The molecule has 2 aliphatic rings. The van der Waals surface area contributed by atoms with E-state index in [1.165, 1.54) is 5.57 Å². The van der Waals surface area contributed by atoms with E-state index in [4.69, 9.17) is 4.74 Å². The first kappa shape index (κ1) is 26.2. The van der Waals surface area contributed by atoms with Crippen molar-refractivity contribution in [1.82, 2.24) is 10.9 Å². The third-order valence-corrected chi connectivity index (χ3v) is 7.69. The number of nitrogens with one attached hydrogen (secondary N) is 2. The number of aryl methyl sites for hydroxylation is 1. The number of allylic oxidation sites excluding steroid dienone is 3. The van der Waals surface area contributed by atoms with Gasteiger partial charge in [-0.05, 0) is 73.6 Å². The summed E-state index contributed by atoms with van der Waals surface area (Å²) < 4.78 is 6.14. The molecule has 0 bridgehead atoms. The van der Waals surface area contributed by atoms with Crippen LogP contribution in [-0.2, 0) is 27.1 Å². The van der Waals surface area contributed by atoms with Gasteiger partial charge in [-0.1, -0.05) is 55.5 Å². The van der Waals surface area contributed by atoms with Gasteiger partial charge < -0.3 is 20.4 Å². The smallest absolute Gasteiger partial charge is 0.331 e. The van der Waals surface area contributed by atoms with Crippen molar-refractivity contribution < 1.29 is 24.5 Å². The summed E-state index contributed by atoms with van der Waals surface area (Å²) in [5.74, 6) is -1.43. The van der Waals surface area contributed by atoms with Crippen LogP contribution in [-0.4, -0.2) is 22.2 Å². The second-order valence-corrected chi connectivity index (χ2v) is 10.1. The van der Waals surface area contributed by atoms with Gasteiger partial charge in [0.05, 0.1) is 5.54 Å². The number of carboxylic acid groups (broad SMARTS) is 2. The maximum atomic E-state index is 12.4. The van der Waals surface area contributed by atoms with Gasteiger partial charge >= 0.3 is 11.9 Å². The molecular formula is C30H34N2O5. The van der Waals surface area contributed by atoms with Gasteiger partial charge in [0.15, 0.2) is 0 Å². The lowest BCUT2D eigenvalue weighted by Gasteiger charge is -2.30. The van der Waals surface area contributed by atoms with Gasteiger partial charge in [-0.25, -0.2) is 10.2 Å². The van der Waals surface area contributed by atoms with Crippen molar-refractivity contribution in [3.63, 3.8) is 0 Å². The van der Waals surface area contributed by atoms with Crippen molar-refractivity contribution in [2.24, 2.45) is 0 Å². The summed E-state index contributed by atoms with van der Waals surface area (Å²) in [6, 6.07) is 13.3. The Bertz CT molecular complexity index is 1360. The highest BCUT2D eigenvalue weighted by Crippen LogP contribution is 2.39. The molecular weight excluding hydrogens is 468 g/mol. The first-order valence-corrected chi connectivity index (χ1v) is 12.4. The Hall–Kier alpha value is -3.84. The normalized spacial score (nSPS) is 23.3. The first-order valence-electron chi connectivity index (χ1n) is 12.4. The van der Waals surface area contributed by atoms with Crippen LogP contribution >= 0.6 is 0 Å². The van der Waals surface area contributed by atoms with Crippen LogP contribution in [0.4, 0.5) is 0 Å². The molecule has 0 saturated carbocycles. The summed E-state index contributed by atoms with van der Waals surface area (Å²) >= 11 is 0. The van der Waals surface area contributed by atoms with Crippen molar-refractivity contribution >= 4 is 11.9 Å². The fourth-order valence-electron chi connectivity index (χ4n) is 5.39. The number of carbonyl (C=O) groups is 2. The van der Waals surface area contributed by atoms with E-state index < -0.39 is 17.4 Å². The number of hydrogen-bond acceptors (Lipinski definition) is 5. The zero-order valence-electron chi connectivity index (χ0n) is 21.9. The van der Waals surface area contributed by atoms with E-state index in [0.29, 0.717) is 11.1 Å². The lowest BCUT2D eigenvalue weighted by molar-refractivity contribution is -0.142. The van der Waals surface area contributed by atoms with E-state index >= 15 is 0 Å². The number of benzene rings is 2. The number of rotatable bonds is 8. The molecule has 1 heterocycles. The minimum absolute atomic E-state index is 0.110. The molecule has 0 saturated heterocycles. The van der Waals surface area contributed by atoms with Crippen LogP contribution in [0.25, 0.3) is 0 Å². The molecule has 0 aromatic heterocycles. The van der Waals surface area contributed by atoms with E-state index in [-0.39, 0.29) is 24.1 Å². The lowest BCUT2D eigenvalue weighted by atomic mass is 9.71. The Morgan fingerprint density at radius 1 is 1.05 bits per heavy atom. The third kappa shape index (κ3) is 4.67. The summed E-state index contributed by atoms with van der Waals surface area (Å²) in [4.78, 5) is 24.1. The van der Waals surface area contributed by atoms with Crippen LogP contribution in [0, 0.1) is 6.92 Å². The molecule has 7 nitrogen and oxygen atoms in total. The zero-order valence-corrected chi connectivity index (χ0v) is 21.9. The Kier molecular flexibility index (Phi) is 7.02. The largest absolute Gasteiger partial charge is 0.489 e. The average molecular weight is 503 g/mol. The number of ether oxygens (including phenoxy) is 1. The van der Waals surface area contributed by atoms with Crippen LogP contribution in [0.2, 0.25) is 0 Å². The molecule has 4 rings (SSSR count). The molecule has 0 fully saturated rings. The fraction of sp³-hybridized carbons (Fsp3) is 0.333. The van der Waals surface area contributed by atoms with E-state index in [2.05, 4.69) is 43.8 Å². The van der Waals surface area contributed by atoms with Crippen LogP contribution < -0.4 is 15.6 Å². The highest BCUT2D eigenvalue weighted by Gasteiger charge is 2.42. The van der Waals surface area contributed by atoms with Crippen molar-refractivity contribution in [3.05, 3.63) is 99.3 Å². The number of hydrazine groups is 1. The molecule has 2 aromatic rings. The quantitative estimate of drug-likeness (QED) is 0.390. The topological polar surface area (TPSA) is 108 Å². The van der Waals surface area contributed by atoms with Crippen molar-refractivity contribution in [2.75, 3.05) is 0 Å². The maximum absolute atomic E-state index is 12.4. The summed E-state index contributed by atoms with van der Waals surface area (Å²) in [5, 5.41) is 19.7. The minimum Gasteiger partial charge on any atom is -0.489 e. The molecule has 194 valence electrons. The summed E-state index contributed by atoms with van der Waals surface area (Å²) in [6.07, 6.45) is 4.00. The second kappa shape index (κ2) is 9.90. The summed E-state index contributed by atoms with van der Waals surface area (Å²) in [6.45, 7) is 10.3. The summed E-state index contributed by atoms with van der Waals surface area (Å²) in [7, 11) is 0. The minimum atomic E-state index is -1.44. The van der Waals surface area contributed by atoms with Crippen LogP contribution in [0.15, 0.2) is 77.0 Å². The van der Waals surface area contributed by atoms with Crippen LogP contribution in [0.1, 0.15) is 62.8 Å². The Labute approximate surface area is 217 Å². The van der Waals surface area contributed by atoms with Gasteiger partial charge in [0.25, 0.3) is 0 Å². The molecule has 1 aliphatic carbocycles. The Morgan fingerprint density at radius 3 is 2.46 bits per heavy atom. The third-order valence-electron chi connectivity index (χ3n) is 7.69. The zero-order chi connectivity index (χ0) is 27.0. The molecule has 0 spiro atoms. The van der Waals surface area contributed by atoms with Gasteiger partial charge in [0, 0.05) is 17.7 Å². The average Bonchev–Trinajstić information content (AvgIpc) is 3.17. The van der Waals surface area contributed by atoms with Gasteiger partial charge in [0.2, 0.25) is 0 Å². The SMILES string of the molecule is CCC1=C(C)NNC1(C)c1ccc(OCc2cccc(C3(C(=O)O)C=CC(C)=C(C(=O)O)C3)c2)c(C)c1. The van der Waals surface area contributed by atoms with Gasteiger partial charge in [-0.3, -0.25) is 4.79 Å². The Morgan fingerprint density at radius 2 is 1.81 bits per heavy atom. The molecule has 37 heavy (non-hydrogen) atoms. The molecule has 2 unspecified atom stereocenters. The highest BCUT2D eigenvalue weighted by atomic mass is 16.5. The highest BCUT2D eigenvalue weighted by molar-refractivity contribution is 5.93. The van der Waals surface area contributed by atoms with E-state index in [1.54, 1.807) is 37.3 Å². The molecule has 1 aliphatic heterocycles. The second-order valence-electron chi connectivity index (χ2n) is 10.1. The predicted molar refractivity (Wildman–Crippen MR) is 142 cm³/mol. The van der Waals surface area contributed by atoms with E-state index in [9.17, 15) is 19.8 Å². The fourth-order valence-corrected chi connectivity index (χ4v) is 5.39. The van der Waals surface area contributed by atoms with Gasteiger partial charge in [-0.15, -0.1) is 0 Å². The molecule has 7 heteroatoms. The van der Waals surface area contributed by atoms with Crippen molar-refractivity contribution in [2.45, 2.75) is 65.0 Å². The number of hydrogen-bond donors (Lipinski definition) is 4. The van der Waals surface area contributed by atoms with E-state index in [1.807, 2.05) is 19.1 Å². The van der Waals surface area contributed by atoms with Crippen molar-refractivity contribution in [3.8, 4) is 5.75 Å². The van der Waals surface area contributed by atoms with E-state index in [0.717, 1.165) is 34.6 Å². The van der Waals surface area contributed by atoms with Gasteiger partial charge in [-0.2, -0.15) is 0 Å². The monoisotopic (exact) mass is 502 g/mol. The number of aliphatic carboxylic acids is 2. The first-order chi connectivity index (χ1) is 17.5. The van der Waals surface area contributed by atoms with Crippen LogP contribution in [0.3, 0.4) is 0 Å². The van der Waals surface area contributed by atoms with Crippen molar-refractivity contribution in [1.29, 1.82) is 0 Å². The molecule has 2 aromatic carbocycles. The molecule has 0 amide bonds. The Balaban J connectivity index is 1.56. The molecule has 0 radical (unpaired) electrons. The van der Waals surface area contributed by atoms with Gasteiger partial charge in [0.1, 0.15) is 17.8 Å². The van der Waals surface area contributed by atoms with Crippen LogP contribution in [0.5, 0.6) is 5.75 Å².